The summed E-state index contributed by atoms with van der Waals surface area (Å²) in [7, 11) is 0. The van der Waals surface area contributed by atoms with Gasteiger partial charge in [0.2, 0.25) is 0 Å². The normalized spacial score (nSPS) is 15.6. The zero-order valence-corrected chi connectivity index (χ0v) is 11.1. The summed E-state index contributed by atoms with van der Waals surface area (Å²) < 4.78 is 3.05. The third-order valence-corrected chi connectivity index (χ3v) is 3.99. The maximum atomic E-state index is 8.31. The van der Waals surface area contributed by atoms with E-state index < -0.39 is 0 Å². The average Bonchev–Trinajstić information content (AvgIpc) is 2.56. The Hall–Kier alpha value is -1.16. The van der Waals surface area contributed by atoms with Crippen molar-refractivity contribution in [1.82, 2.24) is 9.55 Å². The Balaban J connectivity index is 2.37. The van der Waals surface area contributed by atoms with Crippen molar-refractivity contribution >= 4 is 26.8 Å². The Bertz CT molecular complexity index is 630. The molecular formula is C13H14BrN3. The number of fused-ring (bicyclic) bond motifs is 2. The summed E-state index contributed by atoms with van der Waals surface area (Å²) >= 11 is 3.52. The van der Waals surface area contributed by atoms with Gasteiger partial charge in [-0.3, -0.25) is 5.41 Å². The van der Waals surface area contributed by atoms with E-state index in [-0.39, 0.29) is 0 Å². The number of benzene rings is 1. The Labute approximate surface area is 108 Å². The predicted molar refractivity (Wildman–Crippen MR) is 70.8 cm³/mol. The van der Waals surface area contributed by atoms with Gasteiger partial charge >= 0.3 is 0 Å². The average molecular weight is 292 g/mol. The van der Waals surface area contributed by atoms with E-state index in [2.05, 4.69) is 20.5 Å². The fraction of sp³-hybridized carbons (Fsp3) is 0.385. The predicted octanol–water partition coefficient (Wildman–Crippen LogP) is 3.00. The lowest BCUT2D eigenvalue weighted by atomic mass is 10.2. The fourth-order valence-corrected chi connectivity index (χ4v) is 2.90. The first-order valence-corrected chi connectivity index (χ1v) is 6.79. The molecule has 3 rings (SSSR count). The second-order valence-corrected chi connectivity index (χ2v) is 5.33. The molecule has 17 heavy (non-hydrogen) atoms. The van der Waals surface area contributed by atoms with Crippen LogP contribution in [0.25, 0.3) is 10.9 Å². The molecule has 88 valence electrons. The Kier molecular flexibility index (Phi) is 2.74. The largest absolute Gasteiger partial charge is 0.314 e. The van der Waals surface area contributed by atoms with Crippen molar-refractivity contribution in [2.45, 2.75) is 32.2 Å². The number of hydrogen-bond acceptors (Lipinski definition) is 2. The zero-order valence-electron chi connectivity index (χ0n) is 9.54. The summed E-state index contributed by atoms with van der Waals surface area (Å²) in [5.41, 5.74) is 1.53. The maximum absolute atomic E-state index is 8.31. The van der Waals surface area contributed by atoms with E-state index in [0.717, 1.165) is 40.6 Å². The van der Waals surface area contributed by atoms with Gasteiger partial charge in [-0.2, -0.15) is 0 Å². The van der Waals surface area contributed by atoms with Gasteiger partial charge in [-0.05, 0) is 40.9 Å². The molecule has 0 bridgehead atoms. The van der Waals surface area contributed by atoms with E-state index in [1.807, 2.05) is 18.2 Å². The van der Waals surface area contributed by atoms with Gasteiger partial charge in [0.15, 0.2) is 0 Å². The molecule has 0 radical (unpaired) electrons. The molecule has 0 saturated heterocycles. The van der Waals surface area contributed by atoms with E-state index in [1.54, 1.807) is 0 Å². The van der Waals surface area contributed by atoms with Crippen LogP contribution in [0.3, 0.4) is 0 Å². The molecule has 0 aliphatic carbocycles. The quantitative estimate of drug-likeness (QED) is 0.797. The van der Waals surface area contributed by atoms with Crippen molar-refractivity contribution in [2.24, 2.45) is 0 Å². The van der Waals surface area contributed by atoms with Crippen LogP contribution in [0.1, 0.15) is 25.1 Å². The molecule has 0 saturated carbocycles. The van der Waals surface area contributed by atoms with Crippen molar-refractivity contribution in [2.75, 3.05) is 0 Å². The molecular weight excluding hydrogens is 278 g/mol. The molecule has 4 heteroatoms. The SMILES string of the molecule is N=c1c2cccc(Br)c2nc2n1CCCCC2. The number of aryl methyl sites for hydroxylation is 1. The lowest BCUT2D eigenvalue weighted by Gasteiger charge is -2.12. The van der Waals surface area contributed by atoms with Gasteiger partial charge in [0.25, 0.3) is 0 Å². The summed E-state index contributed by atoms with van der Waals surface area (Å²) in [6, 6.07) is 5.94. The maximum Gasteiger partial charge on any atom is 0.135 e. The lowest BCUT2D eigenvalue weighted by molar-refractivity contribution is 0.602. The molecule has 1 N–H and O–H groups in total. The monoisotopic (exact) mass is 291 g/mol. The fourth-order valence-electron chi connectivity index (χ4n) is 2.45. The molecule has 1 aromatic carbocycles. The molecule has 2 aromatic rings. The Morgan fingerprint density at radius 3 is 3.00 bits per heavy atom. The third kappa shape index (κ3) is 1.80. The molecule has 0 amide bonds. The minimum atomic E-state index is 0.605. The van der Waals surface area contributed by atoms with Crippen molar-refractivity contribution < 1.29 is 0 Å². The summed E-state index contributed by atoms with van der Waals surface area (Å²) in [6.45, 7) is 0.934. The molecule has 0 fully saturated rings. The highest BCUT2D eigenvalue weighted by molar-refractivity contribution is 9.10. The molecule has 1 aromatic heterocycles. The van der Waals surface area contributed by atoms with E-state index >= 15 is 0 Å². The van der Waals surface area contributed by atoms with Crippen LogP contribution in [0, 0.1) is 5.41 Å². The number of nitrogens with one attached hydrogen (secondary N) is 1. The van der Waals surface area contributed by atoms with Gasteiger partial charge in [-0.25, -0.2) is 4.98 Å². The van der Waals surface area contributed by atoms with Gasteiger partial charge in [0.05, 0.1) is 5.52 Å². The summed E-state index contributed by atoms with van der Waals surface area (Å²) in [5.74, 6) is 1.06. The minimum absolute atomic E-state index is 0.605. The summed E-state index contributed by atoms with van der Waals surface area (Å²) in [5, 5.41) is 9.25. The van der Waals surface area contributed by atoms with E-state index in [0.29, 0.717) is 5.49 Å². The zero-order chi connectivity index (χ0) is 11.8. The van der Waals surface area contributed by atoms with Crippen LogP contribution in [0.4, 0.5) is 0 Å². The topological polar surface area (TPSA) is 41.7 Å². The third-order valence-electron chi connectivity index (χ3n) is 3.35. The van der Waals surface area contributed by atoms with Crippen LogP contribution < -0.4 is 5.49 Å². The van der Waals surface area contributed by atoms with E-state index in [9.17, 15) is 0 Å². The minimum Gasteiger partial charge on any atom is -0.314 e. The van der Waals surface area contributed by atoms with Crippen molar-refractivity contribution in [3.05, 3.63) is 34.0 Å². The molecule has 1 aliphatic rings. The van der Waals surface area contributed by atoms with Crippen molar-refractivity contribution in [3.63, 3.8) is 0 Å². The molecule has 3 nitrogen and oxygen atoms in total. The van der Waals surface area contributed by atoms with E-state index in [4.69, 9.17) is 10.4 Å². The van der Waals surface area contributed by atoms with Crippen LogP contribution >= 0.6 is 15.9 Å². The first kappa shape index (κ1) is 11.0. The number of aromatic nitrogens is 2. The Morgan fingerprint density at radius 1 is 1.24 bits per heavy atom. The van der Waals surface area contributed by atoms with Gasteiger partial charge in [0.1, 0.15) is 11.3 Å². The number of halogens is 1. The molecule has 2 heterocycles. The second-order valence-electron chi connectivity index (χ2n) is 4.47. The van der Waals surface area contributed by atoms with Crippen LogP contribution in [-0.2, 0) is 13.0 Å². The van der Waals surface area contributed by atoms with Gasteiger partial charge in [-0.15, -0.1) is 0 Å². The first-order chi connectivity index (χ1) is 8.27. The number of para-hydroxylation sites is 1. The van der Waals surface area contributed by atoms with Gasteiger partial charge in [0, 0.05) is 22.8 Å². The highest BCUT2D eigenvalue weighted by Gasteiger charge is 2.12. The summed E-state index contributed by atoms with van der Waals surface area (Å²) in [4.78, 5) is 4.73. The smallest absolute Gasteiger partial charge is 0.135 e. The van der Waals surface area contributed by atoms with Gasteiger partial charge < -0.3 is 4.57 Å². The highest BCUT2D eigenvalue weighted by atomic mass is 79.9. The highest BCUT2D eigenvalue weighted by Crippen LogP contribution is 2.21. The van der Waals surface area contributed by atoms with Crippen LogP contribution in [0.5, 0.6) is 0 Å². The molecule has 1 aliphatic heterocycles. The van der Waals surface area contributed by atoms with Crippen molar-refractivity contribution in [1.29, 1.82) is 5.41 Å². The molecule has 0 spiro atoms. The number of nitrogens with zero attached hydrogens (tertiary/aromatic N) is 2. The summed E-state index contributed by atoms with van der Waals surface area (Å²) in [6.07, 6.45) is 4.57. The van der Waals surface area contributed by atoms with Crippen LogP contribution in [0.15, 0.2) is 22.7 Å². The van der Waals surface area contributed by atoms with E-state index in [1.165, 1.54) is 12.8 Å². The van der Waals surface area contributed by atoms with Crippen LogP contribution in [0.2, 0.25) is 0 Å². The second kappa shape index (κ2) is 4.26. The van der Waals surface area contributed by atoms with Crippen molar-refractivity contribution in [3.8, 4) is 0 Å². The number of hydrogen-bond donors (Lipinski definition) is 1. The lowest BCUT2D eigenvalue weighted by Crippen LogP contribution is -2.24. The molecule has 0 unspecified atom stereocenters. The van der Waals surface area contributed by atoms with Crippen LogP contribution in [-0.4, -0.2) is 9.55 Å². The first-order valence-electron chi connectivity index (χ1n) is 6.00. The Morgan fingerprint density at radius 2 is 2.12 bits per heavy atom. The number of rotatable bonds is 0. The molecule has 0 atom stereocenters. The standard InChI is InChI=1S/C13H14BrN3/c14-10-6-4-5-9-12(10)16-11-7-2-1-3-8-17(11)13(9)15/h4-6,15H,1-3,7-8H2. The van der Waals surface area contributed by atoms with Gasteiger partial charge in [-0.1, -0.05) is 12.5 Å².